The molecule has 1 aliphatic rings. The van der Waals surface area contributed by atoms with Crippen molar-refractivity contribution in [2.24, 2.45) is 5.16 Å². The molecule has 1 aliphatic heterocycles. The van der Waals surface area contributed by atoms with Crippen molar-refractivity contribution in [3.8, 4) is 0 Å². The van der Waals surface area contributed by atoms with E-state index in [2.05, 4.69) is 32.2 Å². The summed E-state index contributed by atoms with van der Waals surface area (Å²) in [7, 11) is 2.14. The molecule has 142 valence electrons. The lowest BCUT2D eigenvalue weighted by atomic mass is 10.1. The van der Waals surface area contributed by atoms with Crippen molar-refractivity contribution in [3.63, 3.8) is 0 Å². The highest BCUT2D eigenvalue weighted by Gasteiger charge is 2.22. The summed E-state index contributed by atoms with van der Waals surface area (Å²) in [6.45, 7) is 2.18. The van der Waals surface area contributed by atoms with Crippen LogP contribution in [0.5, 0.6) is 0 Å². The lowest BCUT2D eigenvalue weighted by molar-refractivity contribution is 0.126. The molecule has 0 amide bonds. The fourth-order valence-electron chi connectivity index (χ4n) is 3.39. The van der Waals surface area contributed by atoms with Crippen molar-refractivity contribution >= 4 is 45.0 Å². The standard InChI is InChI=1S/C19H17ClN6OS/c1-25-7-6-13-15(9-25)28-19-17(13)18-23-16(24-26(18)11-21-19)10-27-22-8-12-4-2-3-5-14(12)20/h2-5,8,11H,6-7,9-10H2,1H3/b22-8-. The third kappa shape index (κ3) is 3.13. The molecule has 0 radical (unpaired) electrons. The number of benzene rings is 1. The van der Waals surface area contributed by atoms with Gasteiger partial charge in [0.25, 0.3) is 0 Å². The van der Waals surface area contributed by atoms with Crippen molar-refractivity contribution in [1.82, 2.24) is 24.5 Å². The van der Waals surface area contributed by atoms with Crippen LogP contribution in [0.3, 0.4) is 0 Å². The van der Waals surface area contributed by atoms with E-state index in [4.69, 9.17) is 16.4 Å². The van der Waals surface area contributed by atoms with E-state index >= 15 is 0 Å². The molecule has 0 aliphatic carbocycles. The predicted octanol–water partition coefficient (Wildman–Crippen LogP) is 3.53. The molecule has 0 saturated heterocycles. The molecule has 0 fully saturated rings. The summed E-state index contributed by atoms with van der Waals surface area (Å²) >= 11 is 7.85. The maximum absolute atomic E-state index is 6.10. The first-order chi connectivity index (χ1) is 13.7. The van der Waals surface area contributed by atoms with Crippen LogP contribution >= 0.6 is 22.9 Å². The van der Waals surface area contributed by atoms with E-state index in [9.17, 15) is 0 Å². The highest BCUT2D eigenvalue weighted by atomic mass is 35.5. The van der Waals surface area contributed by atoms with E-state index in [1.54, 1.807) is 28.4 Å². The summed E-state index contributed by atoms with van der Waals surface area (Å²) in [4.78, 5) is 19.3. The Bertz CT molecular complexity index is 1200. The molecule has 0 spiro atoms. The lowest BCUT2D eigenvalue weighted by Gasteiger charge is -2.21. The number of thiophene rings is 1. The number of rotatable bonds is 4. The maximum atomic E-state index is 6.10. The minimum absolute atomic E-state index is 0.180. The van der Waals surface area contributed by atoms with Gasteiger partial charge in [-0.15, -0.1) is 16.4 Å². The van der Waals surface area contributed by atoms with Gasteiger partial charge in [-0.3, -0.25) is 0 Å². The number of oxime groups is 1. The molecule has 28 heavy (non-hydrogen) atoms. The Labute approximate surface area is 170 Å². The van der Waals surface area contributed by atoms with Crippen molar-refractivity contribution in [3.05, 3.63) is 57.4 Å². The Hall–Kier alpha value is -2.55. The highest BCUT2D eigenvalue weighted by molar-refractivity contribution is 7.19. The van der Waals surface area contributed by atoms with Crippen molar-refractivity contribution in [2.75, 3.05) is 13.6 Å². The number of fused-ring (bicyclic) bond motifs is 5. The first kappa shape index (κ1) is 17.5. The molecular formula is C19H17ClN6OS. The number of hydrogen-bond acceptors (Lipinski definition) is 7. The zero-order valence-electron chi connectivity index (χ0n) is 15.2. The summed E-state index contributed by atoms with van der Waals surface area (Å²) in [5.74, 6) is 0.568. The lowest BCUT2D eigenvalue weighted by Crippen LogP contribution is -2.25. The number of halogens is 1. The molecule has 0 bridgehead atoms. The van der Waals surface area contributed by atoms with E-state index in [1.807, 2.05) is 24.3 Å². The zero-order chi connectivity index (χ0) is 19.1. The van der Waals surface area contributed by atoms with E-state index < -0.39 is 0 Å². The van der Waals surface area contributed by atoms with Gasteiger partial charge in [0.15, 0.2) is 18.1 Å². The Balaban J connectivity index is 1.41. The molecule has 0 N–H and O–H groups in total. The Kier molecular flexibility index (Phi) is 4.46. The molecule has 5 rings (SSSR count). The number of hydrogen-bond donors (Lipinski definition) is 0. The Morgan fingerprint density at radius 2 is 2.25 bits per heavy atom. The second-order valence-electron chi connectivity index (χ2n) is 6.74. The predicted molar refractivity (Wildman–Crippen MR) is 110 cm³/mol. The van der Waals surface area contributed by atoms with Gasteiger partial charge in [-0.25, -0.2) is 14.5 Å². The smallest absolute Gasteiger partial charge is 0.192 e. The van der Waals surface area contributed by atoms with Gasteiger partial charge >= 0.3 is 0 Å². The normalized spacial score (nSPS) is 14.9. The molecule has 0 saturated carbocycles. The molecule has 4 heterocycles. The van der Waals surface area contributed by atoms with E-state index in [0.29, 0.717) is 10.8 Å². The second kappa shape index (κ2) is 7.12. The Morgan fingerprint density at radius 3 is 3.14 bits per heavy atom. The first-order valence-corrected chi connectivity index (χ1v) is 10.1. The monoisotopic (exact) mass is 412 g/mol. The minimum atomic E-state index is 0.180. The molecule has 0 unspecified atom stereocenters. The first-order valence-electron chi connectivity index (χ1n) is 8.92. The summed E-state index contributed by atoms with van der Waals surface area (Å²) in [5.41, 5.74) is 2.99. The molecule has 3 aromatic heterocycles. The second-order valence-corrected chi connectivity index (χ2v) is 8.23. The van der Waals surface area contributed by atoms with Gasteiger partial charge in [0, 0.05) is 28.6 Å². The highest BCUT2D eigenvalue weighted by Crippen LogP contribution is 2.35. The largest absolute Gasteiger partial charge is 0.387 e. The third-order valence-electron chi connectivity index (χ3n) is 4.78. The van der Waals surface area contributed by atoms with Crippen LogP contribution in [-0.2, 0) is 24.4 Å². The summed E-state index contributed by atoms with van der Waals surface area (Å²) < 4.78 is 1.73. The number of aromatic nitrogens is 4. The molecule has 0 atom stereocenters. The molecule has 7 nitrogen and oxygen atoms in total. The average Bonchev–Trinajstić information content (AvgIpc) is 3.26. The van der Waals surface area contributed by atoms with E-state index in [0.717, 1.165) is 40.9 Å². The van der Waals surface area contributed by atoms with Crippen LogP contribution in [0.2, 0.25) is 5.02 Å². The van der Waals surface area contributed by atoms with E-state index in [1.165, 1.54) is 10.4 Å². The van der Waals surface area contributed by atoms with Gasteiger partial charge in [-0.05, 0) is 25.1 Å². The third-order valence-corrected chi connectivity index (χ3v) is 6.25. The van der Waals surface area contributed by atoms with Gasteiger partial charge < -0.3 is 9.74 Å². The van der Waals surface area contributed by atoms with Gasteiger partial charge in [0.1, 0.15) is 11.2 Å². The topological polar surface area (TPSA) is 67.9 Å². The fraction of sp³-hybridized carbons (Fsp3) is 0.263. The SMILES string of the molecule is CN1CCc2c(sc3ncn4nc(CO/N=C\c5ccccc5Cl)nc4c23)C1. The van der Waals surface area contributed by atoms with Crippen LogP contribution in [0.25, 0.3) is 15.9 Å². The van der Waals surface area contributed by atoms with Crippen LogP contribution in [0.4, 0.5) is 0 Å². The van der Waals surface area contributed by atoms with Gasteiger partial charge in [-0.2, -0.15) is 0 Å². The maximum Gasteiger partial charge on any atom is 0.192 e. The summed E-state index contributed by atoms with van der Waals surface area (Å²) in [6.07, 6.45) is 4.31. The van der Waals surface area contributed by atoms with Crippen molar-refractivity contribution < 1.29 is 4.84 Å². The van der Waals surface area contributed by atoms with Crippen LogP contribution in [0.1, 0.15) is 21.8 Å². The summed E-state index contributed by atoms with van der Waals surface area (Å²) in [5, 5.41) is 10.2. The Morgan fingerprint density at radius 1 is 1.36 bits per heavy atom. The van der Waals surface area contributed by atoms with Gasteiger partial charge in [0.2, 0.25) is 0 Å². The van der Waals surface area contributed by atoms with Crippen molar-refractivity contribution in [1.29, 1.82) is 0 Å². The molecule has 4 aromatic rings. The molecule has 1 aromatic carbocycles. The van der Waals surface area contributed by atoms with Crippen LogP contribution in [-0.4, -0.2) is 44.3 Å². The molecular weight excluding hydrogens is 396 g/mol. The van der Waals surface area contributed by atoms with Crippen LogP contribution in [0.15, 0.2) is 35.7 Å². The van der Waals surface area contributed by atoms with Crippen LogP contribution < -0.4 is 0 Å². The van der Waals surface area contributed by atoms with Gasteiger partial charge in [0.05, 0.1) is 11.6 Å². The number of nitrogens with zero attached hydrogens (tertiary/aromatic N) is 6. The van der Waals surface area contributed by atoms with Crippen LogP contribution in [0, 0.1) is 0 Å². The van der Waals surface area contributed by atoms with E-state index in [-0.39, 0.29) is 6.61 Å². The summed E-state index contributed by atoms with van der Waals surface area (Å²) in [6, 6.07) is 7.45. The van der Waals surface area contributed by atoms with Gasteiger partial charge in [-0.1, -0.05) is 35.0 Å². The average molecular weight is 413 g/mol. The zero-order valence-corrected chi connectivity index (χ0v) is 16.7. The number of likely N-dealkylation sites (N-methyl/N-ethyl adjacent to an activating group) is 1. The fourth-order valence-corrected chi connectivity index (χ4v) is 4.84. The quantitative estimate of drug-likeness (QED) is 0.379. The minimum Gasteiger partial charge on any atom is -0.387 e. The van der Waals surface area contributed by atoms with Crippen molar-refractivity contribution in [2.45, 2.75) is 19.6 Å². The molecule has 9 heteroatoms.